The van der Waals surface area contributed by atoms with E-state index >= 15 is 0 Å². The van der Waals surface area contributed by atoms with Gasteiger partial charge in [-0.3, -0.25) is 0 Å². The highest BCUT2D eigenvalue weighted by Crippen LogP contribution is 2.25. The standard InChI is InChI=1S/C12H23NO/c1-2-4-11(3-1)9-14-10-12-5-7-13-8-6-12/h11-13H,1-10H2. The number of ether oxygens (including phenoxy) is 1. The van der Waals surface area contributed by atoms with Gasteiger partial charge in [0, 0.05) is 13.2 Å². The van der Waals surface area contributed by atoms with Crippen LogP contribution in [0.4, 0.5) is 0 Å². The zero-order valence-corrected chi connectivity index (χ0v) is 9.13. The molecule has 1 saturated heterocycles. The molecule has 1 aliphatic carbocycles. The molecule has 1 aliphatic heterocycles. The average molecular weight is 197 g/mol. The first-order valence-electron chi connectivity index (χ1n) is 6.23. The summed E-state index contributed by atoms with van der Waals surface area (Å²) >= 11 is 0. The molecule has 0 aromatic carbocycles. The summed E-state index contributed by atoms with van der Waals surface area (Å²) in [5, 5.41) is 3.39. The van der Waals surface area contributed by atoms with Crippen LogP contribution in [0.15, 0.2) is 0 Å². The summed E-state index contributed by atoms with van der Waals surface area (Å²) in [6.07, 6.45) is 8.30. The lowest BCUT2D eigenvalue weighted by Crippen LogP contribution is -2.30. The Balaban J connectivity index is 1.52. The summed E-state index contributed by atoms with van der Waals surface area (Å²) < 4.78 is 5.83. The molecule has 0 radical (unpaired) electrons. The highest BCUT2D eigenvalue weighted by Gasteiger charge is 2.17. The van der Waals surface area contributed by atoms with Crippen molar-refractivity contribution < 1.29 is 4.74 Å². The number of hydrogen-bond donors (Lipinski definition) is 1. The molecule has 2 rings (SSSR count). The third-order valence-electron chi connectivity index (χ3n) is 3.64. The second-order valence-corrected chi connectivity index (χ2v) is 4.88. The zero-order valence-electron chi connectivity index (χ0n) is 9.13. The van der Waals surface area contributed by atoms with Crippen molar-refractivity contribution in [3.63, 3.8) is 0 Å². The van der Waals surface area contributed by atoms with Gasteiger partial charge in [0.25, 0.3) is 0 Å². The predicted octanol–water partition coefficient (Wildman–Crippen LogP) is 2.19. The molecule has 0 aromatic heterocycles. The van der Waals surface area contributed by atoms with Crippen molar-refractivity contribution in [3.8, 4) is 0 Å². The second-order valence-electron chi connectivity index (χ2n) is 4.88. The van der Waals surface area contributed by atoms with Crippen molar-refractivity contribution in [2.24, 2.45) is 11.8 Å². The Morgan fingerprint density at radius 1 is 0.857 bits per heavy atom. The molecule has 1 N–H and O–H groups in total. The van der Waals surface area contributed by atoms with Crippen LogP contribution in [0.1, 0.15) is 38.5 Å². The first kappa shape index (κ1) is 10.4. The van der Waals surface area contributed by atoms with Gasteiger partial charge in [0.2, 0.25) is 0 Å². The van der Waals surface area contributed by atoms with Crippen molar-refractivity contribution in [2.45, 2.75) is 38.5 Å². The van der Waals surface area contributed by atoms with E-state index in [0.29, 0.717) is 0 Å². The maximum Gasteiger partial charge on any atom is 0.0495 e. The van der Waals surface area contributed by atoms with E-state index in [2.05, 4.69) is 5.32 Å². The minimum Gasteiger partial charge on any atom is -0.381 e. The Morgan fingerprint density at radius 2 is 1.43 bits per heavy atom. The summed E-state index contributed by atoms with van der Waals surface area (Å²) in [5.41, 5.74) is 0. The quantitative estimate of drug-likeness (QED) is 0.746. The summed E-state index contributed by atoms with van der Waals surface area (Å²) in [6, 6.07) is 0. The fraction of sp³-hybridized carbons (Fsp3) is 1.00. The summed E-state index contributed by atoms with van der Waals surface area (Å²) in [4.78, 5) is 0. The maximum atomic E-state index is 5.83. The lowest BCUT2D eigenvalue weighted by atomic mass is 9.99. The normalized spacial score (nSPS) is 25.7. The molecule has 82 valence electrons. The van der Waals surface area contributed by atoms with Gasteiger partial charge in [-0.15, -0.1) is 0 Å². The molecule has 2 nitrogen and oxygen atoms in total. The molecule has 0 atom stereocenters. The van der Waals surface area contributed by atoms with Crippen LogP contribution in [0.2, 0.25) is 0 Å². The van der Waals surface area contributed by atoms with Gasteiger partial charge in [0.15, 0.2) is 0 Å². The van der Waals surface area contributed by atoms with E-state index in [0.717, 1.165) is 25.0 Å². The number of rotatable bonds is 4. The van der Waals surface area contributed by atoms with Gasteiger partial charge in [0.05, 0.1) is 0 Å². The van der Waals surface area contributed by atoms with E-state index in [9.17, 15) is 0 Å². The molecule has 1 saturated carbocycles. The molecule has 2 fully saturated rings. The molecule has 1 heterocycles. The lowest BCUT2D eigenvalue weighted by molar-refractivity contribution is 0.0638. The van der Waals surface area contributed by atoms with Crippen LogP contribution < -0.4 is 5.32 Å². The van der Waals surface area contributed by atoms with Gasteiger partial charge < -0.3 is 10.1 Å². The Labute approximate surface area is 87.4 Å². The monoisotopic (exact) mass is 197 g/mol. The fourth-order valence-electron chi connectivity index (χ4n) is 2.63. The van der Waals surface area contributed by atoms with Gasteiger partial charge in [-0.1, -0.05) is 12.8 Å². The SMILES string of the molecule is C1CCC(COCC2CCNCC2)C1. The molecule has 0 unspecified atom stereocenters. The molecule has 0 bridgehead atoms. The van der Waals surface area contributed by atoms with Crippen LogP contribution in [-0.2, 0) is 4.74 Å². The van der Waals surface area contributed by atoms with Crippen LogP contribution in [-0.4, -0.2) is 26.3 Å². The highest BCUT2D eigenvalue weighted by atomic mass is 16.5. The largest absolute Gasteiger partial charge is 0.381 e. The third-order valence-corrected chi connectivity index (χ3v) is 3.64. The minimum atomic E-state index is 0.831. The molecule has 14 heavy (non-hydrogen) atoms. The minimum absolute atomic E-state index is 0.831. The van der Waals surface area contributed by atoms with E-state index in [1.807, 2.05) is 0 Å². The second kappa shape index (κ2) is 5.72. The molecule has 0 amide bonds. The van der Waals surface area contributed by atoms with Crippen LogP contribution >= 0.6 is 0 Å². The van der Waals surface area contributed by atoms with E-state index in [-0.39, 0.29) is 0 Å². The van der Waals surface area contributed by atoms with Gasteiger partial charge >= 0.3 is 0 Å². The van der Waals surface area contributed by atoms with E-state index in [1.54, 1.807) is 0 Å². The van der Waals surface area contributed by atoms with Crippen LogP contribution in [0, 0.1) is 11.8 Å². The summed E-state index contributed by atoms with van der Waals surface area (Å²) in [6.45, 7) is 4.43. The maximum absolute atomic E-state index is 5.83. The highest BCUT2D eigenvalue weighted by molar-refractivity contribution is 4.69. The van der Waals surface area contributed by atoms with Gasteiger partial charge in [0.1, 0.15) is 0 Å². The van der Waals surface area contributed by atoms with E-state index in [1.165, 1.54) is 51.6 Å². The Morgan fingerprint density at radius 3 is 2.07 bits per heavy atom. The average Bonchev–Trinajstić information content (AvgIpc) is 2.72. The summed E-state index contributed by atoms with van der Waals surface area (Å²) in [5.74, 6) is 1.72. The van der Waals surface area contributed by atoms with E-state index in [4.69, 9.17) is 4.74 Å². The number of hydrogen-bond acceptors (Lipinski definition) is 2. The van der Waals surface area contributed by atoms with Crippen molar-refractivity contribution in [1.82, 2.24) is 5.32 Å². The van der Waals surface area contributed by atoms with Crippen molar-refractivity contribution in [3.05, 3.63) is 0 Å². The molecule has 2 heteroatoms. The van der Waals surface area contributed by atoms with Crippen molar-refractivity contribution >= 4 is 0 Å². The molecular weight excluding hydrogens is 174 g/mol. The Hall–Kier alpha value is -0.0800. The zero-order chi connectivity index (χ0) is 9.64. The van der Waals surface area contributed by atoms with Gasteiger partial charge in [-0.05, 0) is 50.6 Å². The van der Waals surface area contributed by atoms with Crippen molar-refractivity contribution in [1.29, 1.82) is 0 Å². The number of nitrogens with one attached hydrogen (secondary N) is 1. The van der Waals surface area contributed by atoms with Gasteiger partial charge in [-0.25, -0.2) is 0 Å². The molecule has 2 aliphatic rings. The molecular formula is C12H23NO. The first-order chi connectivity index (χ1) is 6.95. The fourth-order valence-corrected chi connectivity index (χ4v) is 2.63. The first-order valence-corrected chi connectivity index (χ1v) is 6.23. The summed E-state index contributed by atoms with van der Waals surface area (Å²) in [7, 11) is 0. The van der Waals surface area contributed by atoms with Crippen LogP contribution in [0.3, 0.4) is 0 Å². The van der Waals surface area contributed by atoms with E-state index < -0.39 is 0 Å². The van der Waals surface area contributed by atoms with Gasteiger partial charge in [-0.2, -0.15) is 0 Å². The van der Waals surface area contributed by atoms with Crippen LogP contribution in [0.25, 0.3) is 0 Å². The lowest BCUT2D eigenvalue weighted by Gasteiger charge is -2.23. The number of piperidine rings is 1. The third kappa shape index (κ3) is 3.25. The smallest absolute Gasteiger partial charge is 0.0495 e. The Kier molecular flexibility index (Phi) is 4.26. The van der Waals surface area contributed by atoms with Crippen LogP contribution in [0.5, 0.6) is 0 Å². The topological polar surface area (TPSA) is 21.3 Å². The predicted molar refractivity (Wildman–Crippen MR) is 58.4 cm³/mol. The van der Waals surface area contributed by atoms with Crippen molar-refractivity contribution in [2.75, 3.05) is 26.3 Å². The molecule has 0 spiro atoms. The Bertz CT molecular complexity index is 148. The molecule has 0 aromatic rings.